The number of fused-ring (bicyclic) bond motifs is 4. The molecule has 2 aromatic carbocycles. The van der Waals surface area contributed by atoms with Crippen LogP contribution in [0.1, 0.15) is 41.6 Å². The van der Waals surface area contributed by atoms with E-state index in [0.717, 1.165) is 32.2 Å². The molecule has 0 N–H and O–H groups in total. The number of methoxy groups -OCH3 is 2. The van der Waals surface area contributed by atoms with Gasteiger partial charge in [-0.15, -0.1) is 0 Å². The number of hydrogen-bond donors (Lipinski definition) is 0. The van der Waals surface area contributed by atoms with Crippen LogP contribution in [-0.4, -0.2) is 68.8 Å². The van der Waals surface area contributed by atoms with E-state index in [-0.39, 0.29) is 23.6 Å². The number of rotatable bonds is 4. The fourth-order valence-corrected chi connectivity index (χ4v) is 5.07. The van der Waals surface area contributed by atoms with Crippen molar-refractivity contribution in [2.24, 2.45) is 5.92 Å². The van der Waals surface area contributed by atoms with Crippen molar-refractivity contribution in [2.45, 2.75) is 38.3 Å². The van der Waals surface area contributed by atoms with Gasteiger partial charge in [-0.2, -0.15) is 0 Å². The maximum Gasteiger partial charge on any atom is 0.254 e. The highest BCUT2D eigenvalue weighted by molar-refractivity contribution is 5.94. The molecule has 184 valence electrons. The predicted octanol–water partition coefficient (Wildman–Crippen LogP) is 4.38. The molecule has 2 heterocycles. The summed E-state index contributed by atoms with van der Waals surface area (Å²) in [5.74, 6) is 1.00. The molecular formula is C27H35FN2O4. The lowest BCUT2D eigenvalue weighted by Crippen LogP contribution is -2.46. The summed E-state index contributed by atoms with van der Waals surface area (Å²) in [5.41, 5.74) is 1.27. The minimum atomic E-state index is -0.307. The Kier molecular flexibility index (Phi) is 8.40. The van der Waals surface area contributed by atoms with Crippen LogP contribution >= 0.6 is 0 Å². The van der Waals surface area contributed by atoms with Gasteiger partial charge in [0.05, 0.1) is 13.2 Å². The molecule has 0 spiro atoms. The van der Waals surface area contributed by atoms with Gasteiger partial charge in [-0.25, -0.2) is 4.39 Å². The van der Waals surface area contributed by atoms with E-state index < -0.39 is 0 Å². The highest BCUT2D eigenvalue weighted by Crippen LogP contribution is 2.27. The van der Waals surface area contributed by atoms with Gasteiger partial charge in [0.25, 0.3) is 5.91 Å². The number of halogens is 1. The Morgan fingerprint density at radius 1 is 1.06 bits per heavy atom. The zero-order valence-electron chi connectivity index (χ0n) is 20.2. The molecule has 0 aromatic heterocycles. The summed E-state index contributed by atoms with van der Waals surface area (Å²) in [6.45, 7) is 3.86. The Hall–Kier alpha value is -2.64. The molecule has 2 atom stereocenters. The van der Waals surface area contributed by atoms with Crippen LogP contribution < -0.4 is 9.47 Å². The third-order valence-electron chi connectivity index (χ3n) is 6.97. The number of hydrogen-bond acceptors (Lipinski definition) is 5. The lowest BCUT2D eigenvalue weighted by Gasteiger charge is -2.38. The Bertz CT molecular complexity index is 969. The Labute approximate surface area is 201 Å². The Morgan fingerprint density at radius 2 is 1.91 bits per heavy atom. The van der Waals surface area contributed by atoms with Gasteiger partial charge in [-0.05, 0) is 50.1 Å². The van der Waals surface area contributed by atoms with Crippen molar-refractivity contribution in [2.75, 3.05) is 47.0 Å². The number of carbonyl (C=O) groups is 1. The summed E-state index contributed by atoms with van der Waals surface area (Å²) in [4.78, 5) is 17.4. The Morgan fingerprint density at radius 3 is 2.74 bits per heavy atom. The molecule has 1 fully saturated rings. The number of ether oxygens (including phenoxy) is 3. The van der Waals surface area contributed by atoms with Crippen LogP contribution in [0, 0.1) is 11.7 Å². The zero-order chi connectivity index (χ0) is 23.9. The third kappa shape index (κ3) is 5.88. The van der Waals surface area contributed by atoms with Gasteiger partial charge < -0.3 is 19.1 Å². The molecule has 34 heavy (non-hydrogen) atoms. The fraction of sp³-hybridized carbons (Fsp3) is 0.519. The highest BCUT2D eigenvalue weighted by Gasteiger charge is 2.31. The van der Waals surface area contributed by atoms with Crippen molar-refractivity contribution < 1.29 is 23.4 Å². The van der Waals surface area contributed by atoms with E-state index in [1.165, 1.54) is 7.11 Å². The molecule has 4 rings (SSSR count). The average molecular weight is 471 g/mol. The van der Waals surface area contributed by atoms with Gasteiger partial charge in [0.2, 0.25) is 0 Å². The second-order valence-electron chi connectivity index (χ2n) is 9.16. The molecule has 1 saturated heterocycles. The molecule has 0 unspecified atom stereocenters. The lowest BCUT2D eigenvalue weighted by atomic mass is 9.89. The van der Waals surface area contributed by atoms with Crippen LogP contribution in [0.4, 0.5) is 4.39 Å². The normalized spacial score (nSPS) is 22.4. The number of amides is 1. The summed E-state index contributed by atoms with van der Waals surface area (Å²) in [7, 11) is 3.25. The molecule has 0 aliphatic carbocycles. The zero-order valence-corrected chi connectivity index (χ0v) is 20.2. The number of benzene rings is 2. The van der Waals surface area contributed by atoms with E-state index in [9.17, 15) is 9.18 Å². The second-order valence-corrected chi connectivity index (χ2v) is 9.16. The van der Waals surface area contributed by atoms with Crippen molar-refractivity contribution in [3.8, 4) is 11.5 Å². The molecule has 4 bridgehead atoms. The third-order valence-corrected chi connectivity index (χ3v) is 6.97. The summed E-state index contributed by atoms with van der Waals surface area (Å²) in [5, 5.41) is 0. The first-order chi connectivity index (χ1) is 16.6. The predicted molar refractivity (Wildman–Crippen MR) is 129 cm³/mol. The van der Waals surface area contributed by atoms with Gasteiger partial charge in [-0.1, -0.05) is 24.6 Å². The van der Waals surface area contributed by atoms with Gasteiger partial charge in [0.15, 0.2) is 11.6 Å². The van der Waals surface area contributed by atoms with Crippen LogP contribution in [-0.2, 0) is 11.3 Å². The molecule has 0 radical (unpaired) electrons. The largest absolute Gasteiger partial charge is 0.494 e. The minimum Gasteiger partial charge on any atom is -0.494 e. The molecule has 2 aliphatic rings. The van der Waals surface area contributed by atoms with E-state index in [0.29, 0.717) is 55.6 Å². The molecule has 1 amide bonds. The van der Waals surface area contributed by atoms with E-state index in [1.807, 2.05) is 41.3 Å². The van der Waals surface area contributed by atoms with E-state index in [4.69, 9.17) is 14.2 Å². The minimum absolute atomic E-state index is 0.0509. The standard InChI is InChI=1S/C27H35FN2O4/c1-32-24-12-14-30-19-21(24)7-3-4-13-29(18-22-9-6-11-25(33-2)26(22)28)15-16-34-23-10-5-8-20(17-23)27(30)31/h5-6,8-11,17,21,24H,3-4,7,12-16,18-19H2,1-2H3/t21-,24+/m1/s1. The quantitative estimate of drug-likeness (QED) is 0.664. The lowest BCUT2D eigenvalue weighted by molar-refractivity contribution is -0.00677. The van der Waals surface area contributed by atoms with Crippen molar-refractivity contribution in [3.05, 3.63) is 59.4 Å². The topological polar surface area (TPSA) is 51.2 Å². The molecule has 0 saturated carbocycles. The second kappa shape index (κ2) is 11.7. The molecule has 6 nitrogen and oxygen atoms in total. The Balaban J connectivity index is 1.52. The van der Waals surface area contributed by atoms with Crippen LogP contribution in [0.3, 0.4) is 0 Å². The SMILES string of the molecule is COc1cccc(CN2CCCC[C@@H]3CN(CC[C@@H]3OC)C(=O)c3cccc(c3)OCC2)c1F. The van der Waals surface area contributed by atoms with E-state index in [1.54, 1.807) is 13.2 Å². The van der Waals surface area contributed by atoms with Crippen LogP contribution in [0.2, 0.25) is 0 Å². The number of carbonyl (C=O) groups excluding carboxylic acids is 1. The fourth-order valence-electron chi connectivity index (χ4n) is 5.07. The first-order valence-corrected chi connectivity index (χ1v) is 12.2. The van der Waals surface area contributed by atoms with Crippen LogP contribution in [0.15, 0.2) is 42.5 Å². The average Bonchev–Trinajstić information content (AvgIpc) is 2.87. The van der Waals surface area contributed by atoms with Gasteiger partial charge in [0, 0.05) is 50.3 Å². The monoisotopic (exact) mass is 470 g/mol. The first-order valence-electron chi connectivity index (χ1n) is 12.2. The summed E-state index contributed by atoms with van der Waals surface area (Å²) in [6, 6.07) is 12.7. The molecule has 2 aromatic rings. The van der Waals surface area contributed by atoms with Gasteiger partial charge >= 0.3 is 0 Å². The first kappa shape index (κ1) is 24.5. The van der Waals surface area contributed by atoms with Gasteiger partial charge in [0.1, 0.15) is 12.4 Å². The van der Waals surface area contributed by atoms with Crippen LogP contribution in [0.25, 0.3) is 0 Å². The summed E-state index contributed by atoms with van der Waals surface area (Å²) < 4.78 is 31.7. The van der Waals surface area contributed by atoms with Crippen molar-refractivity contribution in [1.29, 1.82) is 0 Å². The number of piperidine rings is 1. The van der Waals surface area contributed by atoms with Crippen molar-refractivity contribution in [3.63, 3.8) is 0 Å². The van der Waals surface area contributed by atoms with Crippen molar-refractivity contribution in [1.82, 2.24) is 9.80 Å². The van der Waals surface area contributed by atoms with Crippen molar-refractivity contribution >= 4 is 5.91 Å². The number of nitrogens with zero attached hydrogens (tertiary/aromatic N) is 2. The van der Waals surface area contributed by atoms with Gasteiger partial charge in [-0.3, -0.25) is 9.69 Å². The molecular weight excluding hydrogens is 435 g/mol. The molecule has 7 heteroatoms. The van der Waals surface area contributed by atoms with E-state index in [2.05, 4.69) is 4.90 Å². The van der Waals surface area contributed by atoms with E-state index >= 15 is 0 Å². The summed E-state index contributed by atoms with van der Waals surface area (Å²) >= 11 is 0. The smallest absolute Gasteiger partial charge is 0.254 e. The maximum absolute atomic E-state index is 14.8. The summed E-state index contributed by atoms with van der Waals surface area (Å²) in [6.07, 6.45) is 4.04. The van der Waals surface area contributed by atoms with Crippen LogP contribution in [0.5, 0.6) is 11.5 Å². The molecule has 2 aliphatic heterocycles. The maximum atomic E-state index is 14.8. The highest BCUT2D eigenvalue weighted by atomic mass is 19.1.